The molecule has 22 heavy (non-hydrogen) atoms. The van der Waals surface area contributed by atoms with Gasteiger partial charge in [-0.1, -0.05) is 56.7 Å². The van der Waals surface area contributed by atoms with E-state index in [0.717, 1.165) is 6.42 Å². The van der Waals surface area contributed by atoms with Crippen molar-refractivity contribution in [2.45, 2.75) is 44.9 Å². The highest BCUT2D eigenvalue weighted by Crippen LogP contribution is 2.38. The van der Waals surface area contributed by atoms with Crippen molar-refractivity contribution in [3.05, 3.63) is 71.1 Å². The lowest BCUT2D eigenvalue weighted by Crippen LogP contribution is -2.28. The fraction of sp³-hybridized carbons (Fsp3) is 0.333. The second kappa shape index (κ2) is 6.66. The molecule has 0 aliphatic carbocycles. The molecule has 2 aromatic carbocycles. The van der Waals surface area contributed by atoms with Crippen molar-refractivity contribution in [3.8, 4) is 0 Å². The van der Waals surface area contributed by atoms with Crippen molar-refractivity contribution in [2.24, 2.45) is 0 Å². The molecule has 1 heteroatoms. The van der Waals surface area contributed by atoms with E-state index in [2.05, 4.69) is 73.8 Å². The molecule has 0 amide bonds. The smallest absolute Gasteiger partial charge is 0.0342 e. The van der Waals surface area contributed by atoms with Crippen molar-refractivity contribution in [2.75, 3.05) is 0 Å². The molecule has 0 N–H and O–H groups in total. The maximum Gasteiger partial charge on any atom is 0.0342 e. The lowest BCUT2D eigenvalue weighted by atomic mass is 9.70. The molecular formula is C21H24S. The van der Waals surface area contributed by atoms with Crippen LogP contribution in [-0.2, 0) is 11.8 Å². The number of benzene rings is 2. The summed E-state index contributed by atoms with van der Waals surface area (Å²) >= 11 is 1.83. The van der Waals surface area contributed by atoms with Crippen molar-refractivity contribution < 1.29 is 0 Å². The molecule has 1 aromatic heterocycles. The minimum absolute atomic E-state index is 0.256. The zero-order chi connectivity index (χ0) is 15.4. The van der Waals surface area contributed by atoms with E-state index in [-0.39, 0.29) is 5.41 Å². The largest absolute Gasteiger partial charge is 0.144 e. The Hall–Kier alpha value is -1.60. The lowest BCUT2D eigenvalue weighted by Gasteiger charge is -2.34. The van der Waals surface area contributed by atoms with Crippen LogP contribution in [0.4, 0.5) is 0 Å². The number of thiophene rings is 1. The maximum absolute atomic E-state index is 2.42. The van der Waals surface area contributed by atoms with Crippen LogP contribution in [0, 0.1) is 0 Å². The zero-order valence-corrected chi connectivity index (χ0v) is 14.3. The Morgan fingerprint density at radius 1 is 0.955 bits per heavy atom. The lowest BCUT2D eigenvalue weighted by molar-refractivity contribution is 0.372. The molecule has 3 aromatic rings. The molecule has 3 rings (SSSR count). The Morgan fingerprint density at radius 2 is 1.77 bits per heavy atom. The Bertz CT molecular complexity index is 726. The second-order valence-electron chi connectivity index (χ2n) is 6.22. The van der Waals surface area contributed by atoms with Gasteiger partial charge in [-0.25, -0.2) is 0 Å². The first-order chi connectivity index (χ1) is 10.8. The SMILES string of the molecule is CCCC(CC)(Cc1ccccc1)c1ccc2sccc2c1. The van der Waals surface area contributed by atoms with Crippen LogP contribution < -0.4 is 0 Å². The Balaban J connectivity index is 2.03. The fourth-order valence-corrected chi connectivity index (χ4v) is 4.37. The van der Waals surface area contributed by atoms with Gasteiger partial charge in [0.2, 0.25) is 0 Å². The van der Waals surface area contributed by atoms with Gasteiger partial charge in [-0.3, -0.25) is 0 Å². The summed E-state index contributed by atoms with van der Waals surface area (Å²) in [5.41, 5.74) is 3.21. The first-order valence-electron chi connectivity index (χ1n) is 8.29. The first kappa shape index (κ1) is 15.3. The van der Waals surface area contributed by atoms with E-state index >= 15 is 0 Å². The van der Waals surface area contributed by atoms with Gasteiger partial charge in [0.25, 0.3) is 0 Å². The molecule has 0 spiro atoms. The molecule has 1 atom stereocenters. The van der Waals surface area contributed by atoms with Crippen LogP contribution in [0.2, 0.25) is 0 Å². The van der Waals surface area contributed by atoms with Gasteiger partial charge in [0.1, 0.15) is 0 Å². The summed E-state index contributed by atoms with van der Waals surface area (Å²) in [6.45, 7) is 4.65. The molecule has 0 aliphatic rings. The molecule has 0 bridgehead atoms. The van der Waals surface area contributed by atoms with Crippen molar-refractivity contribution in [1.29, 1.82) is 0 Å². The number of fused-ring (bicyclic) bond motifs is 1. The van der Waals surface area contributed by atoms with Gasteiger partial charge in [-0.2, -0.15) is 0 Å². The van der Waals surface area contributed by atoms with E-state index in [9.17, 15) is 0 Å². The zero-order valence-electron chi connectivity index (χ0n) is 13.5. The average Bonchev–Trinajstić information content (AvgIpc) is 3.03. The Kier molecular flexibility index (Phi) is 4.63. The van der Waals surface area contributed by atoms with E-state index in [4.69, 9.17) is 0 Å². The topological polar surface area (TPSA) is 0 Å². The predicted molar refractivity (Wildman–Crippen MR) is 98.8 cm³/mol. The van der Waals surface area contributed by atoms with Gasteiger partial charge in [-0.15, -0.1) is 11.3 Å². The summed E-state index contributed by atoms with van der Waals surface area (Å²) in [4.78, 5) is 0. The molecule has 1 heterocycles. The van der Waals surface area contributed by atoms with E-state index in [1.807, 2.05) is 11.3 Å². The van der Waals surface area contributed by atoms with Crippen LogP contribution in [0.1, 0.15) is 44.2 Å². The fourth-order valence-electron chi connectivity index (χ4n) is 3.60. The summed E-state index contributed by atoms with van der Waals surface area (Å²) < 4.78 is 1.39. The average molecular weight is 308 g/mol. The van der Waals surface area contributed by atoms with Crippen molar-refractivity contribution >= 4 is 21.4 Å². The van der Waals surface area contributed by atoms with Gasteiger partial charge in [-0.05, 0) is 64.8 Å². The molecule has 0 saturated heterocycles. The third-order valence-electron chi connectivity index (χ3n) is 4.86. The van der Waals surface area contributed by atoms with Crippen LogP contribution >= 0.6 is 11.3 Å². The van der Waals surface area contributed by atoms with E-state index in [1.54, 1.807) is 0 Å². The van der Waals surface area contributed by atoms with Crippen LogP contribution in [0.25, 0.3) is 10.1 Å². The standard InChI is InChI=1S/C21H24S/c1-3-13-21(4-2,16-17-8-6-5-7-9-17)19-10-11-20-18(15-19)12-14-22-20/h5-12,14-15H,3-4,13,16H2,1-2H3. The molecule has 0 aliphatic heterocycles. The minimum atomic E-state index is 0.256. The van der Waals surface area contributed by atoms with Crippen molar-refractivity contribution in [3.63, 3.8) is 0 Å². The van der Waals surface area contributed by atoms with Crippen LogP contribution in [0.15, 0.2) is 60.0 Å². The molecule has 1 unspecified atom stereocenters. The van der Waals surface area contributed by atoms with E-state index in [1.165, 1.54) is 40.5 Å². The van der Waals surface area contributed by atoms with E-state index < -0.39 is 0 Å². The third kappa shape index (κ3) is 2.96. The highest BCUT2D eigenvalue weighted by atomic mass is 32.1. The summed E-state index contributed by atoms with van der Waals surface area (Å²) in [6.07, 6.45) is 4.79. The van der Waals surface area contributed by atoms with Gasteiger partial charge >= 0.3 is 0 Å². The van der Waals surface area contributed by atoms with Gasteiger partial charge < -0.3 is 0 Å². The molecule has 114 valence electrons. The van der Waals surface area contributed by atoms with Crippen LogP contribution in [0.3, 0.4) is 0 Å². The van der Waals surface area contributed by atoms with E-state index in [0.29, 0.717) is 0 Å². The monoisotopic (exact) mass is 308 g/mol. The van der Waals surface area contributed by atoms with Crippen LogP contribution in [-0.4, -0.2) is 0 Å². The molecular weight excluding hydrogens is 284 g/mol. The minimum Gasteiger partial charge on any atom is -0.144 e. The molecule has 0 fully saturated rings. The third-order valence-corrected chi connectivity index (χ3v) is 5.75. The summed E-state index contributed by atoms with van der Waals surface area (Å²) in [5.74, 6) is 0. The summed E-state index contributed by atoms with van der Waals surface area (Å²) in [7, 11) is 0. The normalized spacial score (nSPS) is 14.1. The maximum atomic E-state index is 2.42. The van der Waals surface area contributed by atoms with Gasteiger partial charge in [0, 0.05) is 4.70 Å². The van der Waals surface area contributed by atoms with Crippen LogP contribution in [0.5, 0.6) is 0 Å². The second-order valence-corrected chi connectivity index (χ2v) is 7.17. The Morgan fingerprint density at radius 3 is 2.50 bits per heavy atom. The van der Waals surface area contributed by atoms with Gasteiger partial charge in [0.05, 0.1) is 0 Å². The number of rotatable bonds is 6. The summed E-state index contributed by atoms with van der Waals surface area (Å²) in [6, 6.07) is 20.3. The highest BCUT2D eigenvalue weighted by molar-refractivity contribution is 7.17. The quantitative estimate of drug-likeness (QED) is 0.481. The van der Waals surface area contributed by atoms with Crippen molar-refractivity contribution in [1.82, 2.24) is 0 Å². The molecule has 0 nitrogen and oxygen atoms in total. The molecule has 0 saturated carbocycles. The first-order valence-corrected chi connectivity index (χ1v) is 9.17. The highest BCUT2D eigenvalue weighted by Gasteiger charge is 2.30. The van der Waals surface area contributed by atoms with Gasteiger partial charge in [0.15, 0.2) is 0 Å². The number of hydrogen-bond acceptors (Lipinski definition) is 1. The predicted octanol–water partition coefficient (Wildman–Crippen LogP) is 6.59. The summed E-state index contributed by atoms with van der Waals surface area (Å²) in [5, 5.41) is 3.59. The molecule has 0 radical (unpaired) electrons. The number of hydrogen-bond donors (Lipinski definition) is 0. The Labute approximate surface area is 137 Å².